The van der Waals surface area contributed by atoms with Crippen LogP contribution in [0.4, 0.5) is 0 Å². The van der Waals surface area contributed by atoms with Crippen molar-refractivity contribution in [3.05, 3.63) is 34.3 Å². The molecule has 0 aliphatic carbocycles. The molecule has 0 N–H and O–H groups in total. The van der Waals surface area contributed by atoms with E-state index in [1.807, 2.05) is 0 Å². The van der Waals surface area contributed by atoms with Crippen molar-refractivity contribution in [2.75, 3.05) is 14.2 Å². The summed E-state index contributed by atoms with van der Waals surface area (Å²) in [7, 11) is 2.31. The highest BCUT2D eigenvalue weighted by molar-refractivity contribution is 9.10. The fraction of sp³-hybridized carbons (Fsp3) is 0.308. The number of hydrogen-bond acceptors (Lipinski definition) is 5. The number of carbonyl (C=O) groups excluding carboxylic acids is 3. The smallest absolute Gasteiger partial charge is 0.320 e. The Kier molecular flexibility index (Phi) is 5.69. The first-order valence-corrected chi connectivity index (χ1v) is 6.23. The highest BCUT2D eigenvalue weighted by atomic mass is 79.9. The lowest BCUT2D eigenvalue weighted by Gasteiger charge is -2.11. The largest absolute Gasteiger partial charge is 0.468 e. The summed E-state index contributed by atoms with van der Waals surface area (Å²) in [6.07, 6.45) is -0.277. The number of benzene rings is 1. The van der Waals surface area contributed by atoms with Gasteiger partial charge in [-0.25, -0.2) is 0 Å². The van der Waals surface area contributed by atoms with Crippen LogP contribution < -0.4 is 0 Å². The summed E-state index contributed by atoms with van der Waals surface area (Å²) in [6, 6.07) is 6.63. The quantitative estimate of drug-likeness (QED) is 0.469. The van der Waals surface area contributed by atoms with Crippen molar-refractivity contribution >= 4 is 33.7 Å². The Labute approximate surface area is 119 Å². The first-order chi connectivity index (χ1) is 8.99. The highest BCUT2D eigenvalue weighted by Crippen LogP contribution is 2.16. The molecule has 6 heteroatoms. The van der Waals surface area contributed by atoms with Gasteiger partial charge in [-0.15, -0.1) is 0 Å². The molecular weight excluding hydrogens is 316 g/mol. The van der Waals surface area contributed by atoms with E-state index < -0.39 is 17.9 Å². The zero-order chi connectivity index (χ0) is 14.4. The summed E-state index contributed by atoms with van der Waals surface area (Å²) in [5.41, 5.74) is 0.418. The lowest BCUT2D eigenvalue weighted by Crippen LogP contribution is -2.28. The van der Waals surface area contributed by atoms with Crippen molar-refractivity contribution in [3.63, 3.8) is 0 Å². The molecule has 5 nitrogen and oxygen atoms in total. The van der Waals surface area contributed by atoms with Gasteiger partial charge < -0.3 is 9.47 Å². The Bertz CT molecular complexity index is 464. The first-order valence-electron chi connectivity index (χ1n) is 5.44. The van der Waals surface area contributed by atoms with E-state index in [9.17, 15) is 14.4 Å². The number of methoxy groups -OCH3 is 2. The van der Waals surface area contributed by atoms with Crippen LogP contribution in [-0.4, -0.2) is 31.9 Å². The minimum atomic E-state index is -1.23. The van der Waals surface area contributed by atoms with Crippen molar-refractivity contribution in [1.82, 2.24) is 0 Å². The number of ether oxygens (including phenoxy) is 2. The summed E-state index contributed by atoms with van der Waals surface area (Å²) < 4.78 is 9.82. The molecule has 0 aromatic heterocycles. The molecule has 102 valence electrons. The van der Waals surface area contributed by atoms with Crippen LogP contribution >= 0.6 is 15.9 Å². The maximum absolute atomic E-state index is 12.0. The summed E-state index contributed by atoms with van der Waals surface area (Å²) in [5.74, 6) is -3.12. The number of hydrogen-bond donors (Lipinski definition) is 0. The van der Waals surface area contributed by atoms with E-state index in [-0.39, 0.29) is 12.2 Å². The molecule has 1 rings (SSSR count). The zero-order valence-corrected chi connectivity index (χ0v) is 12.1. The Hall–Kier alpha value is -1.69. The molecule has 0 amide bonds. The van der Waals surface area contributed by atoms with Gasteiger partial charge in [-0.2, -0.15) is 0 Å². The predicted octanol–water partition coefficient (Wildman–Crippen LogP) is 1.98. The Morgan fingerprint density at radius 3 is 1.95 bits per heavy atom. The Morgan fingerprint density at radius 1 is 1.05 bits per heavy atom. The lowest BCUT2D eigenvalue weighted by molar-refractivity contribution is -0.158. The van der Waals surface area contributed by atoms with Gasteiger partial charge >= 0.3 is 11.9 Å². The molecule has 1 aromatic rings. The van der Waals surface area contributed by atoms with Crippen molar-refractivity contribution in [2.45, 2.75) is 6.42 Å². The van der Waals surface area contributed by atoms with Crippen molar-refractivity contribution in [2.24, 2.45) is 5.92 Å². The number of esters is 2. The van der Waals surface area contributed by atoms with Gasteiger partial charge in [0.25, 0.3) is 0 Å². The maximum Gasteiger partial charge on any atom is 0.320 e. The predicted molar refractivity (Wildman–Crippen MR) is 70.6 cm³/mol. The topological polar surface area (TPSA) is 69.7 Å². The van der Waals surface area contributed by atoms with E-state index in [0.29, 0.717) is 5.56 Å². The van der Waals surface area contributed by atoms with Crippen molar-refractivity contribution < 1.29 is 23.9 Å². The van der Waals surface area contributed by atoms with Crippen LogP contribution in [-0.2, 0) is 19.1 Å². The second kappa shape index (κ2) is 7.04. The SMILES string of the molecule is COC(=O)C(CC(=O)c1ccc(Br)cc1)C(=O)OC. The molecule has 1 aromatic carbocycles. The molecule has 0 unspecified atom stereocenters. The van der Waals surface area contributed by atoms with E-state index in [1.54, 1.807) is 24.3 Å². The van der Waals surface area contributed by atoms with Gasteiger partial charge in [0, 0.05) is 16.5 Å². The normalized spacial score (nSPS) is 10.1. The molecule has 0 saturated heterocycles. The fourth-order valence-corrected chi connectivity index (χ4v) is 1.75. The third-order valence-corrected chi connectivity index (χ3v) is 3.06. The van der Waals surface area contributed by atoms with Crippen LogP contribution in [0.3, 0.4) is 0 Å². The number of Topliss-reactive ketones (excluding diaryl/α,β-unsaturated/α-hetero) is 1. The molecule has 0 aliphatic heterocycles. The van der Waals surface area contributed by atoms with Crippen LogP contribution in [0.15, 0.2) is 28.7 Å². The molecule has 0 aliphatic rings. The third-order valence-electron chi connectivity index (χ3n) is 2.53. The van der Waals surface area contributed by atoms with Crippen LogP contribution in [0.25, 0.3) is 0 Å². The number of carbonyl (C=O) groups is 3. The Morgan fingerprint density at radius 2 is 1.53 bits per heavy atom. The van der Waals surface area contributed by atoms with Crippen molar-refractivity contribution in [1.29, 1.82) is 0 Å². The minimum absolute atomic E-state index is 0.277. The van der Waals surface area contributed by atoms with Gasteiger partial charge in [0.1, 0.15) is 0 Å². The summed E-state index contributed by atoms with van der Waals surface area (Å²) in [5, 5.41) is 0. The van der Waals surface area contributed by atoms with E-state index in [4.69, 9.17) is 0 Å². The molecule has 0 bridgehead atoms. The first kappa shape index (κ1) is 15.4. The molecule has 19 heavy (non-hydrogen) atoms. The summed E-state index contributed by atoms with van der Waals surface area (Å²) >= 11 is 3.25. The van der Waals surface area contributed by atoms with E-state index >= 15 is 0 Å². The summed E-state index contributed by atoms with van der Waals surface area (Å²) in [4.78, 5) is 34.9. The summed E-state index contributed by atoms with van der Waals surface area (Å²) in [6.45, 7) is 0. The van der Waals surface area contributed by atoms with Gasteiger partial charge in [0.15, 0.2) is 11.7 Å². The van der Waals surface area contributed by atoms with Crippen molar-refractivity contribution in [3.8, 4) is 0 Å². The van der Waals surface area contributed by atoms with E-state index in [2.05, 4.69) is 25.4 Å². The monoisotopic (exact) mass is 328 g/mol. The molecule has 0 atom stereocenters. The minimum Gasteiger partial charge on any atom is -0.468 e. The second-order valence-corrected chi connectivity index (χ2v) is 4.65. The van der Waals surface area contributed by atoms with Crippen LogP contribution in [0.5, 0.6) is 0 Å². The van der Waals surface area contributed by atoms with Crippen LogP contribution in [0, 0.1) is 5.92 Å². The maximum atomic E-state index is 12.0. The molecule has 0 fully saturated rings. The number of ketones is 1. The molecule has 0 radical (unpaired) electrons. The molecule has 0 saturated carbocycles. The number of halogens is 1. The van der Waals surface area contributed by atoms with Gasteiger partial charge in [0.2, 0.25) is 0 Å². The second-order valence-electron chi connectivity index (χ2n) is 3.73. The van der Waals surface area contributed by atoms with E-state index in [0.717, 1.165) is 18.7 Å². The Balaban J connectivity index is 2.84. The van der Waals surface area contributed by atoms with Crippen LogP contribution in [0.2, 0.25) is 0 Å². The average molecular weight is 329 g/mol. The lowest BCUT2D eigenvalue weighted by atomic mass is 9.98. The third kappa shape index (κ3) is 4.17. The highest BCUT2D eigenvalue weighted by Gasteiger charge is 2.31. The standard InChI is InChI=1S/C13H13BrO5/c1-18-12(16)10(13(17)19-2)7-11(15)8-3-5-9(14)6-4-8/h3-6,10H,7H2,1-2H3. The molecule has 0 spiro atoms. The van der Waals surface area contributed by atoms with Gasteiger partial charge in [0.05, 0.1) is 14.2 Å². The molecule has 0 heterocycles. The number of rotatable bonds is 5. The fourth-order valence-electron chi connectivity index (χ4n) is 1.49. The average Bonchev–Trinajstić information content (AvgIpc) is 2.43. The van der Waals surface area contributed by atoms with Gasteiger partial charge in [-0.1, -0.05) is 28.1 Å². The van der Waals surface area contributed by atoms with Gasteiger partial charge in [-0.05, 0) is 12.1 Å². The van der Waals surface area contributed by atoms with Crippen LogP contribution in [0.1, 0.15) is 16.8 Å². The zero-order valence-electron chi connectivity index (χ0n) is 10.5. The van der Waals surface area contributed by atoms with Gasteiger partial charge in [-0.3, -0.25) is 14.4 Å². The van der Waals surface area contributed by atoms with E-state index in [1.165, 1.54) is 0 Å². The molecular formula is C13H13BrO5.